The fraction of sp³-hybridized carbons (Fsp3) is 0.333. The van der Waals surface area contributed by atoms with Gasteiger partial charge in [0.25, 0.3) is 0 Å². The smallest absolute Gasteiger partial charge is 0.322 e. The first-order chi connectivity index (χ1) is 11.0. The first-order valence-electron chi connectivity index (χ1n) is 7.28. The van der Waals surface area contributed by atoms with E-state index in [1.54, 1.807) is 41.5 Å². The molecule has 1 aromatic carbocycles. The van der Waals surface area contributed by atoms with Crippen molar-refractivity contribution in [3.05, 3.63) is 48.5 Å². The molecule has 0 amide bonds. The van der Waals surface area contributed by atoms with Crippen molar-refractivity contribution in [3.63, 3.8) is 0 Å². The van der Waals surface area contributed by atoms with E-state index in [0.29, 0.717) is 24.9 Å². The fourth-order valence-electron chi connectivity index (χ4n) is 2.86. The van der Waals surface area contributed by atoms with Crippen LogP contribution in [-0.2, 0) is 21.4 Å². The summed E-state index contributed by atoms with van der Waals surface area (Å²) in [6.45, 7) is 0.597. The van der Waals surface area contributed by atoms with Crippen LogP contribution < -0.4 is 0 Å². The molecule has 1 fully saturated rings. The summed E-state index contributed by atoms with van der Waals surface area (Å²) in [4.78, 5) is 15.4. The molecule has 23 heavy (non-hydrogen) atoms. The highest BCUT2D eigenvalue weighted by Gasteiger charge is 2.40. The summed E-state index contributed by atoms with van der Waals surface area (Å²) >= 11 is 0. The SMILES string of the molecule is O=C(O)[C@H]1CCCN1S(=O)(=O)c1ccccc1Cn1ccnc1. The Morgan fingerprint density at radius 3 is 2.83 bits per heavy atom. The molecule has 1 aromatic heterocycles. The minimum Gasteiger partial charge on any atom is -0.480 e. The van der Waals surface area contributed by atoms with E-state index in [9.17, 15) is 18.3 Å². The van der Waals surface area contributed by atoms with Gasteiger partial charge in [-0.2, -0.15) is 4.31 Å². The lowest BCUT2D eigenvalue weighted by Gasteiger charge is -2.22. The second-order valence-electron chi connectivity index (χ2n) is 5.45. The number of imidazole rings is 1. The lowest BCUT2D eigenvalue weighted by atomic mass is 10.2. The topological polar surface area (TPSA) is 92.5 Å². The van der Waals surface area contributed by atoms with Gasteiger partial charge in [-0.15, -0.1) is 0 Å². The average Bonchev–Trinajstić information content (AvgIpc) is 3.19. The number of aromatic nitrogens is 2. The minimum atomic E-state index is -3.85. The zero-order chi connectivity index (χ0) is 16.4. The van der Waals surface area contributed by atoms with E-state index in [-0.39, 0.29) is 11.4 Å². The van der Waals surface area contributed by atoms with Crippen LogP contribution in [0.4, 0.5) is 0 Å². The van der Waals surface area contributed by atoms with Gasteiger partial charge in [-0.1, -0.05) is 18.2 Å². The number of hydrogen-bond donors (Lipinski definition) is 1. The van der Waals surface area contributed by atoms with Crippen molar-refractivity contribution in [1.82, 2.24) is 13.9 Å². The Bertz CT molecular complexity index is 802. The van der Waals surface area contributed by atoms with Crippen molar-refractivity contribution in [3.8, 4) is 0 Å². The van der Waals surface area contributed by atoms with Crippen molar-refractivity contribution in [2.45, 2.75) is 30.3 Å². The van der Waals surface area contributed by atoms with E-state index in [2.05, 4.69) is 4.98 Å². The second-order valence-corrected chi connectivity index (χ2v) is 7.31. The highest BCUT2D eigenvalue weighted by atomic mass is 32.2. The molecule has 1 N–H and O–H groups in total. The maximum atomic E-state index is 12.9. The molecule has 2 heterocycles. The van der Waals surface area contributed by atoms with Crippen molar-refractivity contribution in [2.24, 2.45) is 0 Å². The lowest BCUT2D eigenvalue weighted by molar-refractivity contribution is -0.140. The van der Waals surface area contributed by atoms with Gasteiger partial charge in [0.05, 0.1) is 11.2 Å². The zero-order valence-electron chi connectivity index (χ0n) is 12.4. The monoisotopic (exact) mass is 335 g/mol. The summed E-state index contributed by atoms with van der Waals surface area (Å²) in [5, 5.41) is 9.25. The number of carboxylic acids is 1. The molecule has 1 atom stereocenters. The van der Waals surface area contributed by atoms with Crippen LogP contribution in [0.2, 0.25) is 0 Å². The average molecular weight is 335 g/mol. The summed E-state index contributed by atoms with van der Waals surface area (Å²) in [6, 6.07) is 5.69. The predicted molar refractivity (Wildman–Crippen MR) is 82.3 cm³/mol. The third-order valence-electron chi connectivity index (χ3n) is 3.96. The zero-order valence-corrected chi connectivity index (χ0v) is 13.2. The van der Waals surface area contributed by atoms with Crippen LogP contribution >= 0.6 is 0 Å². The normalized spacial score (nSPS) is 19.0. The highest BCUT2D eigenvalue weighted by molar-refractivity contribution is 7.89. The standard InChI is InChI=1S/C15H17N3O4S/c19-15(20)13-5-3-8-18(13)23(21,22)14-6-2-1-4-12(14)10-17-9-7-16-11-17/h1-2,4,6-7,9,11,13H,3,5,8,10H2,(H,19,20)/t13-/m1/s1. The van der Waals surface area contributed by atoms with Gasteiger partial charge in [0, 0.05) is 25.5 Å². The van der Waals surface area contributed by atoms with Gasteiger partial charge in [0.15, 0.2) is 0 Å². The maximum Gasteiger partial charge on any atom is 0.322 e. The number of rotatable bonds is 5. The number of sulfonamides is 1. The van der Waals surface area contributed by atoms with E-state index in [1.165, 1.54) is 6.07 Å². The van der Waals surface area contributed by atoms with E-state index in [4.69, 9.17) is 0 Å². The molecule has 2 aromatic rings. The maximum absolute atomic E-state index is 12.9. The highest BCUT2D eigenvalue weighted by Crippen LogP contribution is 2.28. The van der Waals surface area contributed by atoms with Crippen LogP contribution in [0.1, 0.15) is 18.4 Å². The molecule has 0 radical (unpaired) electrons. The Morgan fingerprint density at radius 1 is 1.35 bits per heavy atom. The van der Waals surface area contributed by atoms with Gasteiger partial charge < -0.3 is 9.67 Å². The molecule has 122 valence electrons. The number of carbonyl (C=O) groups is 1. The first kappa shape index (κ1) is 15.7. The molecule has 0 saturated carbocycles. The van der Waals surface area contributed by atoms with Gasteiger partial charge in [0.1, 0.15) is 6.04 Å². The number of benzene rings is 1. The van der Waals surface area contributed by atoms with Crippen LogP contribution in [0.25, 0.3) is 0 Å². The molecule has 1 saturated heterocycles. The molecule has 0 bridgehead atoms. The second kappa shape index (κ2) is 6.13. The summed E-state index contributed by atoms with van der Waals surface area (Å²) in [5.74, 6) is -1.10. The van der Waals surface area contributed by atoms with Crippen molar-refractivity contribution in [1.29, 1.82) is 0 Å². The van der Waals surface area contributed by atoms with Gasteiger partial charge >= 0.3 is 5.97 Å². The predicted octanol–water partition coefficient (Wildman–Crippen LogP) is 1.17. The number of carboxylic acid groups (broad SMARTS) is 1. The Morgan fingerprint density at radius 2 is 2.13 bits per heavy atom. The molecule has 0 unspecified atom stereocenters. The number of hydrogen-bond acceptors (Lipinski definition) is 4. The third-order valence-corrected chi connectivity index (χ3v) is 5.97. The first-order valence-corrected chi connectivity index (χ1v) is 8.72. The third kappa shape index (κ3) is 2.99. The van der Waals surface area contributed by atoms with Crippen LogP contribution in [0.5, 0.6) is 0 Å². The van der Waals surface area contributed by atoms with Crippen LogP contribution in [0.15, 0.2) is 47.9 Å². The van der Waals surface area contributed by atoms with Crippen LogP contribution in [0, 0.1) is 0 Å². The largest absolute Gasteiger partial charge is 0.480 e. The number of aliphatic carboxylic acids is 1. The molecular weight excluding hydrogens is 318 g/mol. The summed E-state index contributed by atoms with van der Waals surface area (Å²) < 4.78 is 28.7. The van der Waals surface area contributed by atoms with E-state index in [1.807, 2.05) is 0 Å². The molecule has 7 nitrogen and oxygen atoms in total. The Labute approximate surface area is 134 Å². The van der Waals surface area contributed by atoms with Crippen LogP contribution in [0.3, 0.4) is 0 Å². The van der Waals surface area contributed by atoms with Gasteiger partial charge in [-0.3, -0.25) is 4.79 Å². The Balaban J connectivity index is 1.98. The minimum absolute atomic E-state index is 0.154. The van der Waals surface area contributed by atoms with E-state index in [0.717, 1.165) is 4.31 Å². The molecule has 8 heteroatoms. The summed E-state index contributed by atoms with van der Waals surface area (Å²) in [5.41, 5.74) is 0.613. The Hall–Kier alpha value is -2.19. The van der Waals surface area contributed by atoms with Gasteiger partial charge in [0.2, 0.25) is 10.0 Å². The molecular formula is C15H17N3O4S. The quantitative estimate of drug-likeness (QED) is 0.885. The summed E-state index contributed by atoms with van der Waals surface area (Å²) in [6.07, 6.45) is 5.88. The fourth-order valence-corrected chi connectivity index (χ4v) is 4.73. The summed E-state index contributed by atoms with van der Waals surface area (Å²) in [7, 11) is -3.85. The van der Waals surface area contributed by atoms with Crippen molar-refractivity contribution in [2.75, 3.05) is 6.54 Å². The van der Waals surface area contributed by atoms with Crippen LogP contribution in [-0.4, -0.2) is 45.9 Å². The number of nitrogens with zero attached hydrogens (tertiary/aromatic N) is 3. The molecule has 1 aliphatic heterocycles. The Kier molecular flexibility index (Phi) is 4.18. The molecule has 3 rings (SSSR count). The molecule has 0 spiro atoms. The van der Waals surface area contributed by atoms with Gasteiger partial charge in [-0.25, -0.2) is 13.4 Å². The van der Waals surface area contributed by atoms with E-state index >= 15 is 0 Å². The van der Waals surface area contributed by atoms with E-state index < -0.39 is 22.0 Å². The molecule has 0 aliphatic carbocycles. The van der Waals surface area contributed by atoms with Crippen molar-refractivity contribution >= 4 is 16.0 Å². The van der Waals surface area contributed by atoms with Crippen molar-refractivity contribution < 1.29 is 18.3 Å². The lowest BCUT2D eigenvalue weighted by Crippen LogP contribution is -2.40. The molecule has 1 aliphatic rings. The van der Waals surface area contributed by atoms with Gasteiger partial charge in [-0.05, 0) is 24.5 Å².